The lowest BCUT2D eigenvalue weighted by Gasteiger charge is -2.36. The highest BCUT2D eigenvalue weighted by Crippen LogP contribution is 2.25. The van der Waals surface area contributed by atoms with Crippen LogP contribution in [0.25, 0.3) is 0 Å². The first-order chi connectivity index (χ1) is 13.0. The number of rotatable bonds is 5. The van der Waals surface area contributed by atoms with E-state index in [4.69, 9.17) is 0 Å². The SMILES string of the molecule is CN(C)C(=O)CN1CC[C@@H](NC(=O)C2CNNC2c2ccccc2)[C@H](O)C1. The number of β-amino-alcohol motifs (C(OH)–C–C–N with tert-alkyl or cyclic N) is 1. The minimum Gasteiger partial charge on any atom is -0.390 e. The van der Waals surface area contributed by atoms with Crippen LogP contribution < -0.4 is 16.2 Å². The number of hydrogen-bond acceptors (Lipinski definition) is 6. The molecule has 0 saturated carbocycles. The fraction of sp³-hybridized carbons (Fsp3) is 0.579. The van der Waals surface area contributed by atoms with Gasteiger partial charge in [0.25, 0.3) is 0 Å². The molecular weight excluding hydrogens is 346 g/mol. The summed E-state index contributed by atoms with van der Waals surface area (Å²) in [7, 11) is 3.44. The van der Waals surface area contributed by atoms with Crippen molar-refractivity contribution in [3.05, 3.63) is 35.9 Å². The quantitative estimate of drug-likeness (QED) is 0.532. The summed E-state index contributed by atoms with van der Waals surface area (Å²) in [6.07, 6.45) is -0.0628. The summed E-state index contributed by atoms with van der Waals surface area (Å²) in [4.78, 5) is 28.1. The Balaban J connectivity index is 1.54. The summed E-state index contributed by atoms with van der Waals surface area (Å²) in [6.45, 7) is 1.88. The molecule has 0 radical (unpaired) electrons. The van der Waals surface area contributed by atoms with Gasteiger partial charge in [-0.2, -0.15) is 0 Å². The van der Waals surface area contributed by atoms with Crippen LogP contribution in [0.5, 0.6) is 0 Å². The van der Waals surface area contributed by atoms with E-state index in [1.807, 2.05) is 35.2 Å². The molecule has 4 N–H and O–H groups in total. The van der Waals surface area contributed by atoms with Crippen LogP contribution in [0, 0.1) is 5.92 Å². The highest BCUT2D eigenvalue weighted by Gasteiger charge is 2.37. The van der Waals surface area contributed by atoms with Gasteiger partial charge in [0, 0.05) is 33.7 Å². The molecule has 2 heterocycles. The number of piperidine rings is 1. The minimum absolute atomic E-state index is 0.0125. The third-order valence-corrected chi connectivity index (χ3v) is 5.33. The Morgan fingerprint density at radius 2 is 2.04 bits per heavy atom. The molecule has 0 bridgehead atoms. The third-order valence-electron chi connectivity index (χ3n) is 5.33. The van der Waals surface area contributed by atoms with Crippen molar-refractivity contribution < 1.29 is 14.7 Å². The number of nitrogens with zero attached hydrogens (tertiary/aromatic N) is 2. The molecular formula is C19H29N5O3. The molecule has 0 spiro atoms. The Labute approximate surface area is 159 Å². The Morgan fingerprint density at radius 3 is 2.70 bits per heavy atom. The highest BCUT2D eigenvalue weighted by molar-refractivity contribution is 5.80. The fourth-order valence-corrected chi connectivity index (χ4v) is 3.65. The molecule has 4 atom stereocenters. The lowest BCUT2D eigenvalue weighted by Crippen LogP contribution is -2.56. The standard InChI is InChI=1S/C19H29N5O3/c1-23(2)17(26)12-24-9-8-15(16(25)11-24)21-19(27)14-10-20-22-18(14)13-6-4-3-5-7-13/h3-7,14-16,18,20,22,25H,8-12H2,1-2H3,(H,21,27)/t14?,15-,16-,18?/m1/s1. The normalized spacial score (nSPS) is 28.7. The predicted molar refractivity (Wildman–Crippen MR) is 101 cm³/mol. The van der Waals surface area contributed by atoms with Gasteiger partial charge in [-0.05, 0) is 12.0 Å². The summed E-state index contributed by atoms with van der Waals surface area (Å²) in [5, 5.41) is 13.5. The summed E-state index contributed by atoms with van der Waals surface area (Å²) >= 11 is 0. The van der Waals surface area contributed by atoms with E-state index in [1.165, 1.54) is 0 Å². The van der Waals surface area contributed by atoms with Gasteiger partial charge in [-0.1, -0.05) is 30.3 Å². The van der Waals surface area contributed by atoms with Gasteiger partial charge in [0.15, 0.2) is 0 Å². The van der Waals surface area contributed by atoms with Crippen LogP contribution in [0.2, 0.25) is 0 Å². The van der Waals surface area contributed by atoms with Gasteiger partial charge in [-0.3, -0.25) is 19.9 Å². The number of aliphatic hydroxyl groups excluding tert-OH is 1. The molecule has 0 aliphatic carbocycles. The molecule has 2 aliphatic rings. The minimum atomic E-state index is -0.685. The van der Waals surface area contributed by atoms with E-state index in [1.54, 1.807) is 19.0 Å². The molecule has 0 aromatic heterocycles. The number of amides is 2. The van der Waals surface area contributed by atoms with Gasteiger partial charge in [0.2, 0.25) is 11.8 Å². The largest absolute Gasteiger partial charge is 0.390 e. The summed E-state index contributed by atoms with van der Waals surface area (Å²) in [5.41, 5.74) is 7.29. The Morgan fingerprint density at radius 1 is 1.30 bits per heavy atom. The zero-order valence-electron chi connectivity index (χ0n) is 15.9. The predicted octanol–water partition coefficient (Wildman–Crippen LogP) is -0.909. The van der Waals surface area contributed by atoms with Crippen molar-refractivity contribution in [2.75, 3.05) is 40.3 Å². The second-order valence-corrected chi connectivity index (χ2v) is 7.51. The number of benzene rings is 1. The van der Waals surface area contributed by atoms with Gasteiger partial charge >= 0.3 is 0 Å². The number of likely N-dealkylation sites (tertiary alicyclic amines) is 1. The molecule has 2 unspecified atom stereocenters. The first-order valence-corrected chi connectivity index (χ1v) is 9.40. The maximum atomic E-state index is 12.8. The zero-order chi connectivity index (χ0) is 19.4. The van der Waals surface area contributed by atoms with E-state index in [0.717, 1.165) is 5.56 Å². The second-order valence-electron chi connectivity index (χ2n) is 7.51. The van der Waals surface area contributed by atoms with E-state index in [9.17, 15) is 14.7 Å². The van der Waals surface area contributed by atoms with E-state index < -0.39 is 6.10 Å². The Hall–Kier alpha value is -2.00. The number of carbonyl (C=O) groups excluding carboxylic acids is 2. The maximum Gasteiger partial charge on any atom is 0.236 e. The molecule has 1 aromatic carbocycles. The maximum absolute atomic E-state index is 12.8. The lowest BCUT2D eigenvalue weighted by molar-refractivity contribution is -0.132. The van der Waals surface area contributed by atoms with Gasteiger partial charge in [-0.25, -0.2) is 5.43 Å². The van der Waals surface area contributed by atoms with E-state index in [0.29, 0.717) is 26.1 Å². The topological polar surface area (TPSA) is 96.9 Å². The molecule has 8 heteroatoms. The van der Waals surface area contributed by atoms with Crippen LogP contribution in [0.1, 0.15) is 18.0 Å². The smallest absolute Gasteiger partial charge is 0.236 e. The van der Waals surface area contributed by atoms with Crippen molar-refractivity contribution >= 4 is 11.8 Å². The molecule has 3 rings (SSSR count). The highest BCUT2D eigenvalue weighted by atomic mass is 16.3. The lowest BCUT2D eigenvalue weighted by atomic mass is 9.93. The van der Waals surface area contributed by atoms with Crippen molar-refractivity contribution in [2.45, 2.75) is 24.6 Å². The zero-order valence-corrected chi connectivity index (χ0v) is 15.9. The number of nitrogens with one attached hydrogen (secondary N) is 3. The number of hydrazine groups is 1. The molecule has 2 aliphatic heterocycles. The number of likely N-dealkylation sites (N-methyl/N-ethyl adjacent to an activating group) is 1. The van der Waals surface area contributed by atoms with Crippen LogP contribution >= 0.6 is 0 Å². The van der Waals surface area contributed by atoms with Crippen LogP contribution in [-0.4, -0.2) is 79.1 Å². The van der Waals surface area contributed by atoms with Gasteiger partial charge in [0.05, 0.1) is 30.7 Å². The number of hydrogen-bond donors (Lipinski definition) is 4. The van der Waals surface area contributed by atoms with Crippen molar-refractivity contribution in [1.29, 1.82) is 0 Å². The molecule has 1 aromatic rings. The van der Waals surface area contributed by atoms with E-state index in [-0.39, 0.29) is 36.4 Å². The van der Waals surface area contributed by atoms with E-state index in [2.05, 4.69) is 16.2 Å². The summed E-state index contributed by atoms with van der Waals surface area (Å²) in [6, 6.07) is 9.48. The van der Waals surface area contributed by atoms with Crippen molar-refractivity contribution in [3.8, 4) is 0 Å². The van der Waals surface area contributed by atoms with Crippen molar-refractivity contribution in [3.63, 3.8) is 0 Å². The molecule has 27 heavy (non-hydrogen) atoms. The first-order valence-electron chi connectivity index (χ1n) is 9.40. The molecule has 2 amide bonds. The fourth-order valence-electron chi connectivity index (χ4n) is 3.65. The number of carbonyl (C=O) groups is 2. The average Bonchev–Trinajstić information content (AvgIpc) is 3.14. The van der Waals surface area contributed by atoms with Gasteiger partial charge in [-0.15, -0.1) is 0 Å². The summed E-state index contributed by atoms with van der Waals surface area (Å²) in [5.74, 6) is -0.297. The van der Waals surface area contributed by atoms with Crippen LogP contribution in [0.4, 0.5) is 0 Å². The molecule has 148 valence electrons. The second kappa shape index (κ2) is 8.79. The van der Waals surface area contributed by atoms with Crippen LogP contribution in [0.3, 0.4) is 0 Å². The van der Waals surface area contributed by atoms with Gasteiger partial charge < -0.3 is 15.3 Å². The summed E-state index contributed by atoms with van der Waals surface area (Å²) < 4.78 is 0. The van der Waals surface area contributed by atoms with Crippen molar-refractivity contribution in [2.24, 2.45) is 5.92 Å². The molecule has 2 fully saturated rings. The van der Waals surface area contributed by atoms with E-state index >= 15 is 0 Å². The van der Waals surface area contributed by atoms with Crippen LogP contribution in [-0.2, 0) is 9.59 Å². The third kappa shape index (κ3) is 4.84. The monoisotopic (exact) mass is 375 g/mol. The molecule has 2 saturated heterocycles. The molecule has 8 nitrogen and oxygen atoms in total. The Kier molecular flexibility index (Phi) is 6.43. The first kappa shape index (κ1) is 19.8. The van der Waals surface area contributed by atoms with Gasteiger partial charge in [0.1, 0.15) is 0 Å². The Bertz CT molecular complexity index is 654. The van der Waals surface area contributed by atoms with Crippen LogP contribution in [0.15, 0.2) is 30.3 Å². The number of aliphatic hydroxyl groups is 1. The van der Waals surface area contributed by atoms with Crippen molar-refractivity contribution in [1.82, 2.24) is 26.0 Å². The average molecular weight is 375 g/mol.